The highest BCUT2D eigenvalue weighted by Gasteiger charge is 2.10. The number of benzene rings is 2. The van der Waals surface area contributed by atoms with Gasteiger partial charge in [0.2, 0.25) is 0 Å². The van der Waals surface area contributed by atoms with E-state index in [0.717, 1.165) is 15.4 Å². The highest BCUT2D eigenvalue weighted by Crippen LogP contribution is 2.22. The Morgan fingerprint density at radius 2 is 1.72 bits per heavy atom. The van der Waals surface area contributed by atoms with E-state index in [-0.39, 0.29) is 0 Å². The monoisotopic (exact) mass is 367 g/mol. The lowest BCUT2D eigenvalue weighted by atomic mass is 9.99. The van der Waals surface area contributed by atoms with E-state index in [9.17, 15) is 0 Å². The molecule has 0 saturated carbocycles. The van der Waals surface area contributed by atoms with Gasteiger partial charge in [-0.1, -0.05) is 56.1 Å². The first-order valence-corrected chi connectivity index (χ1v) is 7.45. The van der Waals surface area contributed by atoms with Gasteiger partial charge in [0.25, 0.3) is 0 Å². The van der Waals surface area contributed by atoms with Crippen molar-refractivity contribution < 1.29 is 0 Å². The van der Waals surface area contributed by atoms with Crippen molar-refractivity contribution in [2.75, 3.05) is 7.05 Å². The Kier molecular flexibility index (Phi) is 4.98. The molecule has 0 aliphatic carbocycles. The maximum absolute atomic E-state index is 3.51. The number of hydrogen-bond donors (Lipinski definition) is 1. The second-order valence-corrected chi connectivity index (χ2v) is 6.06. The predicted octanol–water partition coefficient (Wildman–Crippen LogP) is 4.71. The molecule has 1 nitrogen and oxygen atoms in total. The molecule has 0 aliphatic rings. The van der Waals surface area contributed by atoms with Crippen LogP contribution in [0.3, 0.4) is 0 Å². The molecule has 0 amide bonds. The standard InChI is InChI=1S/C15H15Br2N/c1-18-15(12-5-7-13(16)8-6-12)10-11-3-2-4-14(17)9-11/h2-9,15,18H,10H2,1H3. The van der Waals surface area contributed by atoms with E-state index >= 15 is 0 Å². The third-order valence-electron chi connectivity index (χ3n) is 2.95. The highest BCUT2D eigenvalue weighted by atomic mass is 79.9. The summed E-state index contributed by atoms with van der Waals surface area (Å²) in [5.41, 5.74) is 2.63. The molecular formula is C15H15Br2N. The van der Waals surface area contributed by atoms with Crippen molar-refractivity contribution in [2.45, 2.75) is 12.5 Å². The molecule has 94 valence electrons. The van der Waals surface area contributed by atoms with E-state index in [1.165, 1.54) is 11.1 Å². The Balaban J connectivity index is 2.17. The predicted molar refractivity (Wildman–Crippen MR) is 83.8 cm³/mol. The summed E-state index contributed by atoms with van der Waals surface area (Å²) in [6, 6.07) is 17.3. The van der Waals surface area contributed by atoms with E-state index in [4.69, 9.17) is 0 Å². The quantitative estimate of drug-likeness (QED) is 0.823. The van der Waals surface area contributed by atoms with Crippen LogP contribution in [-0.2, 0) is 6.42 Å². The van der Waals surface area contributed by atoms with Gasteiger partial charge in [0, 0.05) is 15.0 Å². The fourth-order valence-corrected chi connectivity index (χ4v) is 2.69. The molecule has 0 aliphatic heterocycles. The molecule has 2 aromatic carbocycles. The van der Waals surface area contributed by atoms with Crippen molar-refractivity contribution in [3.63, 3.8) is 0 Å². The smallest absolute Gasteiger partial charge is 0.0358 e. The third-order valence-corrected chi connectivity index (χ3v) is 3.97. The molecule has 18 heavy (non-hydrogen) atoms. The summed E-state index contributed by atoms with van der Waals surface area (Å²) >= 11 is 6.98. The molecule has 0 bridgehead atoms. The second-order valence-electron chi connectivity index (χ2n) is 4.23. The van der Waals surface area contributed by atoms with Gasteiger partial charge in [-0.2, -0.15) is 0 Å². The Bertz CT molecular complexity index is 508. The van der Waals surface area contributed by atoms with Gasteiger partial charge in [-0.15, -0.1) is 0 Å². The maximum Gasteiger partial charge on any atom is 0.0358 e. The summed E-state index contributed by atoms with van der Waals surface area (Å²) in [6.45, 7) is 0. The summed E-state index contributed by atoms with van der Waals surface area (Å²) in [6.07, 6.45) is 0.984. The third kappa shape index (κ3) is 3.67. The summed E-state index contributed by atoms with van der Waals surface area (Å²) < 4.78 is 2.24. The van der Waals surface area contributed by atoms with Gasteiger partial charge >= 0.3 is 0 Å². The molecule has 0 radical (unpaired) electrons. The lowest BCUT2D eigenvalue weighted by molar-refractivity contribution is 0.592. The largest absolute Gasteiger partial charge is 0.313 e. The van der Waals surface area contributed by atoms with Gasteiger partial charge in [0.05, 0.1) is 0 Å². The number of halogens is 2. The van der Waals surface area contributed by atoms with Crippen molar-refractivity contribution in [3.8, 4) is 0 Å². The number of rotatable bonds is 4. The van der Waals surface area contributed by atoms with Gasteiger partial charge in [-0.3, -0.25) is 0 Å². The minimum absolute atomic E-state index is 0.340. The summed E-state index contributed by atoms with van der Waals surface area (Å²) in [7, 11) is 2.00. The number of nitrogens with one attached hydrogen (secondary N) is 1. The molecular weight excluding hydrogens is 354 g/mol. The number of hydrogen-bond acceptors (Lipinski definition) is 1. The van der Waals surface area contributed by atoms with Crippen LogP contribution in [0.15, 0.2) is 57.5 Å². The average molecular weight is 369 g/mol. The van der Waals surface area contributed by atoms with Crippen LogP contribution in [-0.4, -0.2) is 7.05 Å². The van der Waals surface area contributed by atoms with Gasteiger partial charge in [0.15, 0.2) is 0 Å². The normalized spacial score (nSPS) is 12.4. The zero-order valence-corrected chi connectivity index (χ0v) is 13.3. The minimum Gasteiger partial charge on any atom is -0.313 e. The minimum atomic E-state index is 0.340. The van der Waals surface area contributed by atoms with E-state index in [1.807, 2.05) is 7.05 Å². The van der Waals surface area contributed by atoms with Crippen molar-refractivity contribution in [1.82, 2.24) is 5.32 Å². The zero-order valence-electron chi connectivity index (χ0n) is 10.2. The summed E-state index contributed by atoms with van der Waals surface area (Å²) in [4.78, 5) is 0. The molecule has 0 fully saturated rings. The van der Waals surface area contributed by atoms with Gasteiger partial charge < -0.3 is 5.32 Å². The van der Waals surface area contributed by atoms with Crippen LogP contribution in [0.5, 0.6) is 0 Å². The van der Waals surface area contributed by atoms with Crippen LogP contribution in [0.4, 0.5) is 0 Å². The summed E-state index contributed by atoms with van der Waals surface area (Å²) in [5.74, 6) is 0. The lowest BCUT2D eigenvalue weighted by Gasteiger charge is -2.17. The Morgan fingerprint density at radius 1 is 1.00 bits per heavy atom. The molecule has 0 spiro atoms. The molecule has 0 heterocycles. The fraction of sp³-hybridized carbons (Fsp3) is 0.200. The SMILES string of the molecule is CNC(Cc1cccc(Br)c1)c1ccc(Br)cc1. The molecule has 1 atom stereocenters. The van der Waals surface area contributed by atoms with Crippen LogP contribution < -0.4 is 5.32 Å². The van der Waals surface area contributed by atoms with Gasteiger partial charge in [-0.25, -0.2) is 0 Å². The molecule has 1 unspecified atom stereocenters. The first kappa shape index (κ1) is 13.8. The molecule has 2 aromatic rings. The molecule has 0 saturated heterocycles. The molecule has 2 rings (SSSR count). The topological polar surface area (TPSA) is 12.0 Å². The van der Waals surface area contributed by atoms with Crippen molar-refractivity contribution >= 4 is 31.9 Å². The van der Waals surface area contributed by atoms with Crippen LogP contribution in [0, 0.1) is 0 Å². The van der Waals surface area contributed by atoms with Gasteiger partial charge in [-0.05, 0) is 48.9 Å². The Morgan fingerprint density at radius 3 is 2.33 bits per heavy atom. The van der Waals surface area contributed by atoms with E-state index in [0.29, 0.717) is 6.04 Å². The fourth-order valence-electron chi connectivity index (χ4n) is 1.98. The second kappa shape index (κ2) is 6.50. The first-order valence-electron chi connectivity index (χ1n) is 5.86. The van der Waals surface area contributed by atoms with Gasteiger partial charge in [0.1, 0.15) is 0 Å². The van der Waals surface area contributed by atoms with Crippen LogP contribution >= 0.6 is 31.9 Å². The molecule has 1 N–H and O–H groups in total. The highest BCUT2D eigenvalue weighted by molar-refractivity contribution is 9.10. The van der Waals surface area contributed by atoms with E-state index in [2.05, 4.69) is 85.7 Å². The first-order chi connectivity index (χ1) is 8.69. The van der Waals surface area contributed by atoms with E-state index in [1.54, 1.807) is 0 Å². The maximum atomic E-state index is 3.51. The Hall–Kier alpha value is -0.640. The van der Waals surface area contributed by atoms with Crippen molar-refractivity contribution in [1.29, 1.82) is 0 Å². The van der Waals surface area contributed by atoms with Crippen LogP contribution in [0.2, 0.25) is 0 Å². The van der Waals surface area contributed by atoms with Crippen molar-refractivity contribution in [2.24, 2.45) is 0 Å². The zero-order chi connectivity index (χ0) is 13.0. The number of likely N-dealkylation sites (N-methyl/N-ethyl adjacent to an activating group) is 1. The van der Waals surface area contributed by atoms with Crippen LogP contribution in [0.1, 0.15) is 17.2 Å². The lowest BCUT2D eigenvalue weighted by Crippen LogP contribution is -2.18. The van der Waals surface area contributed by atoms with Crippen molar-refractivity contribution in [3.05, 3.63) is 68.6 Å². The van der Waals surface area contributed by atoms with E-state index < -0.39 is 0 Å². The average Bonchev–Trinajstić information content (AvgIpc) is 2.37. The van der Waals surface area contributed by atoms with Crippen LogP contribution in [0.25, 0.3) is 0 Å². The summed E-state index contributed by atoms with van der Waals surface area (Å²) in [5, 5.41) is 3.38. The molecule has 3 heteroatoms. The Labute approximate surface area is 125 Å². The molecule has 0 aromatic heterocycles.